The van der Waals surface area contributed by atoms with Crippen molar-refractivity contribution in [2.45, 2.75) is 12.5 Å². The summed E-state index contributed by atoms with van der Waals surface area (Å²) in [5, 5.41) is 3.65. The molecule has 1 aromatic heterocycles. The van der Waals surface area contributed by atoms with E-state index in [2.05, 4.69) is 10.3 Å². The van der Waals surface area contributed by atoms with Crippen LogP contribution < -0.4 is 10.2 Å². The van der Waals surface area contributed by atoms with Crippen LogP contribution in [0.15, 0.2) is 79.0 Å². The molecular formula is C23H20ClN3O2. The number of carbonyl (C=O) groups is 2. The van der Waals surface area contributed by atoms with Gasteiger partial charge in [-0.3, -0.25) is 14.6 Å². The number of rotatable bonds is 5. The number of pyridine rings is 1. The number of anilines is 1. The molecule has 2 aromatic carbocycles. The predicted molar refractivity (Wildman–Crippen MR) is 113 cm³/mol. The van der Waals surface area contributed by atoms with Gasteiger partial charge in [0.1, 0.15) is 0 Å². The summed E-state index contributed by atoms with van der Waals surface area (Å²) in [6.07, 6.45) is 1.87. The molecule has 0 saturated carbocycles. The minimum absolute atomic E-state index is 0.0819. The molecule has 1 N–H and O–H groups in total. The maximum atomic E-state index is 13.0. The lowest BCUT2D eigenvalue weighted by molar-refractivity contribution is -0.126. The molecule has 2 amide bonds. The van der Waals surface area contributed by atoms with E-state index in [9.17, 15) is 9.59 Å². The summed E-state index contributed by atoms with van der Waals surface area (Å²) in [7, 11) is 0. The van der Waals surface area contributed by atoms with Crippen LogP contribution in [0.25, 0.3) is 0 Å². The quantitative estimate of drug-likeness (QED) is 0.698. The molecule has 0 radical (unpaired) electrons. The van der Waals surface area contributed by atoms with Gasteiger partial charge in [-0.15, -0.1) is 0 Å². The second-order valence-electron chi connectivity index (χ2n) is 6.99. The number of aromatic nitrogens is 1. The van der Waals surface area contributed by atoms with Crippen molar-refractivity contribution in [1.29, 1.82) is 0 Å². The number of nitrogens with one attached hydrogen (secondary N) is 1. The molecule has 29 heavy (non-hydrogen) atoms. The highest BCUT2D eigenvalue weighted by molar-refractivity contribution is 6.31. The third kappa shape index (κ3) is 4.30. The zero-order valence-corrected chi connectivity index (χ0v) is 16.4. The first-order valence-electron chi connectivity index (χ1n) is 9.44. The van der Waals surface area contributed by atoms with Gasteiger partial charge in [0, 0.05) is 29.9 Å². The van der Waals surface area contributed by atoms with Crippen molar-refractivity contribution in [3.8, 4) is 0 Å². The van der Waals surface area contributed by atoms with Gasteiger partial charge in [-0.25, -0.2) is 0 Å². The number of halogens is 1. The molecule has 1 fully saturated rings. The van der Waals surface area contributed by atoms with E-state index in [-0.39, 0.29) is 24.3 Å². The highest BCUT2D eigenvalue weighted by Gasteiger charge is 2.36. The molecule has 0 unspecified atom stereocenters. The number of benzene rings is 2. The van der Waals surface area contributed by atoms with Gasteiger partial charge in [-0.2, -0.15) is 0 Å². The SMILES string of the molecule is O=C(N[C@H](c1ccccc1)c1ccccn1)[C@H]1CC(=O)N(c2cccc(Cl)c2)C1. The molecule has 1 aliphatic rings. The van der Waals surface area contributed by atoms with Gasteiger partial charge in [-0.1, -0.05) is 54.1 Å². The average molecular weight is 406 g/mol. The van der Waals surface area contributed by atoms with E-state index >= 15 is 0 Å². The molecule has 3 aromatic rings. The minimum atomic E-state index is -0.434. The number of nitrogens with zero attached hydrogens (tertiary/aromatic N) is 2. The third-order valence-electron chi connectivity index (χ3n) is 5.02. The van der Waals surface area contributed by atoms with Gasteiger partial charge in [0.05, 0.1) is 17.7 Å². The van der Waals surface area contributed by atoms with Crippen molar-refractivity contribution < 1.29 is 9.59 Å². The van der Waals surface area contributed by atoms with Crippen LogP contribution >= 0.6 is 11.6 Å². The maximum Gasteiger partial charge on any atom is 0.227 e. The van der Waals surface area contributed by atoms with E-state index in [1.807, 2.05) is 54.6 Å². The van der Waals surface area contributed by atoms with Gasteiger partial charge in [0.2, 0.25) is 11.8 Å². The smallest absolute Gasteiger partial charge is 0.227 e. The molecule has 1 aliphatic heterocycles. The van der Waals surface area contributed by atoms with Crippen molar-refractivity contribution in [2.24, 2.45) is 5.92 Å². The number of carbonyl (C=O) groups excluding carboxylic acids is 2. The standard InChI is InChI=1S/C23H20ClN3O2/c24-18-9-6-10-19(14-18)27-15-17(13-21(27)28)23(29)26-22(16-7-2-1-3-8-16)20-11-4-5-12-25-20/h1-12,14,17,22H,13,15H2,(H,26,29)/t17-,22+/m0/s1. The van der Waals surface area contributed by atoms with Crippen LogP contribution in [0, 0.1) is 5.92 Å². The summed E-state index contributed by atoms with van der Waals surface area (Å²) in [5.41, 5.74) is 2.40. The molecule has 2 atom stereocenters. The highest BCUT2D eigenvalue weighted by Crippen LogP contribution is 2.28. The summed E-state index contributed by atoms with van der Waals surface area (Å²) >= 11 is 6.05. The molecule has 146 valence electrons. The molecule has 0 aliphatic carbocycles. The van der Waals surface area contributed by atoms with Crippen LogP contribution in [0.3, 0.4) is 0 Å². The number of hydrogen-bond donors (Lipinski definition) is 1. The molecule has 5 nitrogen and oxygen atoms in total. The molecule has 6 heteroatoms. The lowest BCUT2D eigenvalue weighted by Crippen LogP contribution is -2.36. The lowest BCUT2D eigenvalue weighted by atomic mass is 10.0. The Labute approximate surface area is 174 Å². The Bertz CT molecular complexity index is 971. The zero-order chi connectivity index (χ0) is 20.2. The van der Waals surface area contributed by atoms with Crippen molar-refractivity contribution >= 4 is 29.1 Å². The lowest BCUT2D eigenvalue weighted by Gasteiger charge is -2.21. The Hall–Kier alpha value is -3.18. The van der Waals surface area contributed by atoms with E-state index in [0.29, 0.717) is 17.3 Å². The third-order valence-corrected chi connectivity index (χ3v) is 5.25. The zero-order valence-electron chi connectivity index (χ0n) is 15.7. The fourth-order valence-corrected chi connectivity index (χ4v) is 3.74. The topological polar surface area (TPSA) is 62.3 Å². The summed E-state index contributed by atoms with van der Waals surface area (Å²) in [6, 6.07) is 22.1. The van der Waals surface area contributed by atoms with Crippen LogP contribution in [0.1, 0.15) is 23.7 Å². The first-order valence-corrected chi connectivity index (χ1v) is 9.82. The molecule has 4 rings (SSSR count). The summed E-state index contributed by atoms with van der Waals surface area (Å²) in [6.45, 7) is 0.328. The minimum Gasteiger partial charge on any atom is -0.343 e. The Morgan fingerprint density at radius 3 is 2.59 bits per heavy atom. The van der Waals surface area contributed by atoms with Crippen molar-refractivity contribution in [3.63, 3.8) is 0 Å². The van der Waals surface area contributed by atoms with Crippen LogP contribution in [0.4, 0.5) is 5.69 Å². The Morgan fingerprint density at radius 1 is 1.07 bits per heavy atom. The summed E-state index contributed by atoms with van der Waals surface area (Å²) < 4.78 is 0. The fourth-order valence-electron chi connectivity index (χ4n) is 3.56. The maximum absolute atomic E-state index is 13.0. The Balaban J connectivity index is 1.53. The van der Waals surface area contributed by atoms with Crippen LogP contribution in [0.2, 0.25) is 5.02 Å². The first-order chi connectivity index (χ1) is 14.1. The van der Waals surface area contributed by atoms with Gasteiger partial charge in [0.15, 0.2) is 0 Å². The van der Waals surface area contributed by atoms with Crippen molar-refractivity contribution in [1.82, 2.24) is 10.3 Å². The van der Waals surface area contributed by atoms with E-state index in [0.717, 1.165) is 11.3 Å². The number of hydrogen-bond acceptors (Lipinski definition) is 3. The van der Waals surface area contributed by atoms with Gasteiger partial charge < -0.3 is 10.2 Å². The normalized spacial score (nSPS) is 17.2. The van der Waals surface area contributed by atoms with E-state index < -0.39 is 5.92 Å². The van der Waals surface area contributed by atoms with Gasteiger partial charge >= 0.3 is 0 Å². The van der Waals surface area contributed by atoms with E-state index in [4.69, 9.17) is 11.6 Å². The van der Waals surface area contributed by atoms with Gasteiger partial charge in [0.25, 0.3) is 0 Å². The highest BCUT2D eigenvalue weighted by atomic mass is 35.5. The molecular weight excluding hydrogens is 386 g/mol. The van der Waals surface area contributed by atoms with Crippen LogP contribution in [-0.2, 0) is 9.59 Å². The Kier molecular flexibility index (Phi) is 5.58. The molecule has 1 saturated heterocycles. The average Bonchev–Trinajstić information content (AvgIpc) is 3.15. The van der Waals surface area contributed by atoms with E-state index in [1.165, 1.54) is 0 Å². The summed E-state index contributed by atoms with van der Waals surface area (Å²) in [4.78, 5) is 31.6. The van der Waals surface area contributed by atoms with Crippen LogP contribution in [-0.4, -0.2) is 23.3 Å². The number of amides is 2. The van der Waals surface area contributed by atoms with Crippen LogP contribution in [0.5, 0.6) is 0 Å². The van der Waals surface area contributed by atoms with Gasteiger partial charge in [-0.05, 0) is 35.9 Å². The molecule has 2 heterocycles. The second-order valence-corrected chi connectivity index (χ2v) is 7.43. The molecule has 0 bridgehead atoms. The van der Waals surface area contributed by atoms with E-state index in [1.54, 1.807) is 29.3 Å². The van der Waals surface area contributed by atoms with Crippen molar-refractivity contribution in [2.75, 3.05) is 11.4 Å². The molecule has 0 spiro atoms. The monoisotopic (exact) mass is 405 g/mol. The second kappa shape index (κ2) is 8.45. The predicted octanol–water partition coefficient (Wildman–Crippen LogP) is 3.99. The van der Waals surface area contributed by atoms with Crippen molar-refractivity contribution in [3.05, 3.63) is 95.3 Å². The first kappa shape index (κ1) is 19.2. The summed E-state index contributed by atoms with van der Waals surface area (Å²) in [5.74, 6) is -0.680. The largest absolute Gasteiger partial charge is 0.343 e. The fraction of sp³-hybridized carbons (Fsp3) is 0.174. The Morgan fingerprint density at radius 2 is 1.86 bits per heavy atom.